The number of nitrogens with zero attached hydrogens (tertiary/aromatic N) is 2. The van der Waals surface area contributed by atoms with E-state index in [1.165, 1.54) is 11.3 Å². The zero-order chi connectivity index (χ0) is 16.5. The van der Waals surface area contributed by atoms with Gasteiger partial charge in [-0.15, -0.1) is 11.3 Å². The third kappa shape index (κ3) is 2.56. The quantitative estimate of drug-likeness (QED) is 0.769. The number of likely N-dealkylation sites (tertiary alicyclic amines) is 1. The Bertz CT molecular complexity index is 887. The summed E-state index contributed by atoms with van der Waals surface area (Å²) in [6.45, 7) is 0.593. The second-order valence-corrected chi connectivity index (χ2v) is 6.62. The summed E-state index contributed by atoms with van der Waals surface area (Å²) >= 11 is 1.37. The Hall–Kier alpha value is -2.67. The van der Waals surface area contributed by atoms with Crippen LogP contribution in [0.5, 0.6) is 0 Å². The number of rotatable bonds is 3. The number of carbonyl (C=O) groups is 2. The van der Waals surface area contributed by atoms with Crippen molar-refractivity contribution < 1.29 is 9.59 Å². The number of amides is 2. The van der Waals surface area contributed by atoms with Gasteiger partial charge in [0.15, 0.2) is 5.13 Å². The number of benzene rings is 1. The summed E-state index contributed by atoms with van der Waals surface area (Å²) in [6, 6.07) is 7.04. The first-order valence-electron chi connectivity index (χ1n) is 7.81. The van der Waals surface area contributed by atoms with Gasteiger partial charge in [0.1, 0.15) is 6.04 Å². The van der Waals surface area contributed by atoms with Crippen LogP contribution in [0.2, 0.25) is 0 Å². The predicted molar refractivity (Wildman–Crippen MR) is 93.1 cm³/mol. The lowest BCUT2D eigenvalue weighted by atomic mass is 10.1. The number of H-pyrrole nitrogens is 1. The highest BCUT2D eigenvalue weighted by Gasteiger charge is 2.35. The molecule has 1 saturated heterocycles. The molecule has 0 saturated carbocycles. The van der Waals surface area contributed by atoms with Crippen molar-refractivity contribution >= 4 is 39.2 Å². The van der Waals surface area contributed by atoms with E-state index >= 15 is 0 Å². The number of fused-ring (bicyclic) bond motifs is 1. The average molecular weight is 340 g/mol. The summed E-state index contributed by atoms with van der Waals surface area (Å²) in [4.78, 5) is 34.4. The van der Waals surface area contributed by atoms with Crippen molar-refractivity contribution in [2.45, 2.75) is 18.9 Å². The normalized spacial score (nSPS) is 17.3. The van der Waals surface area contributed by atoms with Gasteiger partial charge in [-0.05, 0) is 31.0 Å². The minimum Gasteiger partial charge on any atom is -0.361 e. The maximum absolute atomic E-state index is 13.0. The summed E-state index contributed by atoms with van der Waals surface area (Å²) in [7, 11) is 0. The van der Waals surface area contributed by atoms with Crippen molar-refractivity contribution in [3.8, 4) is 0 Å². The highest BCUT2D eigenvalue weighted by Crippen LogP contribution is 2.25. The van der Waals surface area contributed by atoms with Crippen LogP contribution in [0, 0.1) is 0 Å². The molecule has 4 rings (SSSR count). The largest absolute Gasteiger partial charge is 0.361 e. The molecule has 0 unspecified atom stereocenters. The molecule has 2 N–H and O–H groups in total. The molecule has 122 valence electrons. The maximum Gasteiger partial charge on any atom is 0.255 e. The van der Waals surface area contributed by atoms with Crippen LogP contribution in [0.4, 0.5) is 5.13 Å². The van der Waals surface area contributed by atoms with E-state index in [-0.39, 0.29) is 11.8 Å². The molecule has 2 aromatic heterocycles. The SMILES string of the molecule is O=C(Nc1nccs1)[C@H]1CCCN1C(=O)c1cccc2[nH]ccc12. The number of anilines is 1. The number of thiazole rings is 1. The lowest BCUT2D eigenvalue weighted by Crippen LogP contribution is -2.43. The van der Waals surface area contributed by atoms with E-state index < -0.39 is 6.04 Å². The molecular weight excluding hydrogens is 324 g/mol. The summed E-state index contributed by atoms with van der Waals surface area (Å²) in [5, 5.41) is 6.05. The fourth-order valence-corrected chi connectivity index (χ4v) is 3.71. The Morgan fingerprint density at radius 3 is 3.08 bits per heavy atom. The number of hydrogen-bond acceptors (Lipinski definition) is 4. The molecule has 3 heterocycles. The van der Waals surface area contributed by atoms with E-state index in [1.807, 2.05) is 30.5 Å². The van der Waals surface area contributed by atoms with E-state index in [2.05, 4.69) is 15.3 Å². The van der Waals surface area contributed by atoms with E-state index in [0.717, 1.165) is 17.3 Å². The Morgan fingerprint density at radius 1 is 1.33 bits per heavy atom. The molecule has 0 aliphatic carbocycles. The van der Waals surface area contributed by atoms with Gasteiger partial charge in [0.2, 0.25) is 5.91 Å². The second-order valence-electron chi connectivity index (χ2n) is 5.73. The van der Waals surface area contributed by atoms with Crippen molar-refractivity contribution in [2.24, 2.45) is 0 Å². The van der Waals surface area contributed by atoms with Gasteiger partial charge < -0.3 is 15.2 Å². The van der Waals surface area contributed by atoms with Gasteiger partial charge in [-0.1, -0.05) is 6.07 Å². The molecule has 2 amide bonds. The first kappa shape index (κ1) is 14.9. The van der Waals surface area contributed by atoms with Crippen LogP contribution >= 0.6 is 11.3 Å². The minimum absolute atomic E-state index is 0.100. The highest BCUT2D eigenvalue weighted by atomic mass is 32.1. The highest BCUT2D eigenvalue weighted by molar-refractivity contribution is 7.13. The number of aromatic amines is 1. The molecule has 7 heteroatoms. The molecule has 0 radical (unpaired) electrons. The van der Waals surface area contributed by atoms with Gasteiger partial charge >= 0.3 is 0 Å². The van der Waals surface area contributed by atoms with Crippen molar-refractivity contribution in [3.05, 3.63) is 47.6 Å². The Morgan fingerprint density at radius 2 is 2.25 bits per heavy atom. The van der Waals surface area contributed by atoms with Crippen molar-refractivity contribution in [1.29, 1.82) is 0 Å². The van der Waals surface area contributed by atoms with Crippen LogP contribution in [0.15, 0.2) is 42.0 Å². The lowest BCUT2D eigenvalue weighted by molar-refractivity contribution is -0.119. The Balaban J connectivity index is 1.59. The van der Waals surface area contributed by atoms with Crippen molar-refractivity contribution in [3.63, 3.8) is 0 Å². The summed E-state index contributed by atoms with van der Waals surface area (Å²) < 4.78 is 0. The molecule has 3 aromatic rings. The molecule has 24 heavy (non-hydrogen) atoms. The summed E-state index contributed by atoms with van der Waals surface area (Å²) in [6.07, 6.45) is 4.96. The molecular formula is C17H16N4O2S. The van der Waals surface area contributed by atoms with E-state index in [0.29, 0.717) is 23.7 Å². The fourth-order valence-electron chi connectivity index (χ4n) is 3.18. The third-order valence-electron chi connectivity index (χ3n) is 4.30. The van der Waals surface area contributed by atoms with Crippen molar-refractivity contribution in [1.82, 2.24) is 14.9 Å². The predicted octanol–water partition coefficient (Wildman–Crippen LogP) is 2.87. The Labute approximate surface area is 142 Å². The van der Waals surface area contributed by atoms with Crippen molar-refractivity contribution in [2.75, 3.05) is 11.9 Å². The third-order valence-corrected chi connectivity index (χ3v) is 4.99. The van der Waals surface area contributed by atoms with Crippen LogP contribution < -0.4 is 5.32 Å². The number of carbonyl (C=O) groups excluding carboxylic acids is 2. The molecule has 0 spiro atoms. The van der Waals surface area contributed by atoms with E-state index in [4.69, 9.17) is 0 Å². The maximum atomic E-state index is 13.0. The van der Waals surface area contributed by atoms with Gasteiger partial charge in [-0.2, -0.15) is 0 Å². The average Bonchev–Trinajstić information content (AvgIpc) is 3.33. The van der Waals surface area contributed by atoms with E-state index in [1.54, 1.807) is 16.5 Å². The van der Waals surface area contributed by atoms with E-state index in [9.17, 15) is 9.59 Å². The summed E-state index contributed by atoms with van der Waals surface area (Å²) in [5.74, 6) is -0.269. The first-order chi connectivity index (χ1) is 11.7. The van der Waals surface area contributed by atoms with Gasteiger partial charge in [0, 0.05) is 40.8 Å². The number of aromatic nitrogens is 2. The first-order valence-corrected chi connectivity index (χ1v) is 8.69. The Kier molecular flexibility index (Phi) is 3.78. The zero-order valence-corrected chi connectivity index (χ0v) is 13.7. The van der Waals surface area contributed by atoms with Crippen LogP contribution in [0.25, 0.3) is 10.9 Å². The molecule has 1 fully saturated rings. The minimum atomic E-state index is -0.449. The van der Waals surface area contributed by atoms with Crippen LogP contribution in [-0.2, 0) is 4.79 Å². The standard InChI is InChI=1S/C17H16N4O2S/c22-15(20-17-19-8-10-24-17)14-5-2-9-21(14)16(23)12-3-1-4-13-11(12)6-7-18-13/h1,3-4,6-8,10,14,18H,2,5,9H2,(H,19,20,22)/t14-/m1/s1. The summed E-state index contributed by atoms with van der Waals surface area (Å²) in [5.41, 5.74) is 1.55. The van der Waals surface area contributed by atoms with Crippen LogP contribution in [0.3, 0.4) is 0 Å². The molecule has 1 aromatic carbocycles. The number of hydrogen-bond donors (Lipinski definition) is 2. The zero-order valence-electron chi connectivity index (χ0n) is 12.9. The van der Waals surface area contributed by atoms with Crippen LogP contribution in [0.1, 0.15) is 23.2 Å². The second kappa shape index (κ2) is 6.09. The van der Waals surface area contributed by atoms with Gasteiger partial charge in [-0.25, -0.2) is 4.98 Å². The molecule has 0 bridgehead atoms. The molecule has 1 aliphatic heterocycles. The topological polar surface area (TPSA) is 78.1 Å². The van der Waals surface area contributed by atoms with Crippen LogP contribution in [-0.4, -0.2) is 39.3 Å². The molecule has 6 nitrogen and oxygen atoms in total. The lowest BCUT2D eigenvalue weighted by Gasteiger charge is -2.24. The van der Waals surface area contributed by atoms with Gasteiger partial charge in [0.05, 0.1) is 0 Å². The molecule has 1 aliphatic rings. The van der Waals surface area contributed by atoms with Gasteiger partial charge in [0.25, 0.3) is 5.91 Å². The molecule has 1 atom stereocenters. The van der Waals surface area contributed by atoms with Gasteiger partial charge in [-0.3, -0.25) is 9.59 Å². The smallest absolute Gasteiger partial charge is 0.255 e. The monoisotopic (exact) mass is 340 g/mol. The number of nitrogens with one attached hydrogen (secondary N) is 2. The fraction of sp³-hybridized carbons (Fsp3) is 0.235.